The lowest BCUT2D eigenvalue weighted by Gasteiger charge is -2.10. The van der Waals surface area contributed by atoms with E-state index in [0.717, 1.165) is 15.7 Å². The topological polar surface area (TPSA) is 41.9 Å². The first kappa shape index (κ1) is 20.1. The number of aryl methyl sites for hydroxylation is 2. The summed E-state index contributed by atoms with van der Waals surface area (Å²) in [5.41, 5.74) is 4.38. The van der Waals surface area contributed by atoms with Crippen LogP contribution in [-0.4, -0.2) is 14.9 Å². The molecule has 27 heavy (non-hydrogen) atoms. The Hall–Kier alpha value is -1.60. The third kappa shape index (κ3) is 5.23. The number of halogens is 3. The van der Waals surface area contributed by atoms with E-state index in [1.807, 2.05) is 24.4 Å². The van der Waals surface area contributed by atoms with Crippen LogP contribution in [0.25, 0.3) is 0 Å². The van der Waals surface area contributed by atoms with Crippen LogP contribution in [-0.2, 0) is 6.54 Å². The van der Waals surface area contributed by atoms with E-state index in [0.29, 0.717) is 27.5 Å². The van der Waals surface area contributed by atoms with E-state index in [1.54, 1.807) is 10.7 Å². The molecule has 0 aliphatic rings. The van der Waals surface area contributed by atoms with Crippen molar-refractivity contribution in [1.29, 1.82) is 0 Å². The highest BCUT2D eigenvalue weighted by molar-refractivity contribution is 9.10. The van der Waals surface area contributed by atoms with Crippen molar-refractivity contribution in [3.63, 3.8) is 0 Å². The molecule has 0 spiro atoms. The summed E-state index contributed by atoms with van der Waals surface area (Å²) < 4.78 is 2.61. The van der Waals surface area contributed by atoms with Crippen molar-refractivity contribution in [2.45, 2.75) is 20.4 Å². The second-order valence-corrected chi connectivity index (χ2v) is 8.23. The molecule has 0 saturated carbocycles. The van der Waals surface area contributed by atoms with Crippen LogP contribution in [0, 0.1) is 13.8 Å². The molecule has 2 aromatic carbocycles. The summed E-state index contributed by atoms with van der Waals surface area (Å²) in [6, 6.07) is 11.6. The van der Waals surface area contributed by atoms with Gasteiger partial charge in [-0.15, -0.1) is 0 Å². The molecule has 3 rings (SSSR count). The van der Waals surface area contributed by atoms with E-state index in [4.69, 9.17) is 35.4 Å². The first-order valence-corrected chi connectivity index (χ1v) is 10.1. The number of nitrogens with one attached hydrogen (secondary N) is 2. The van der Waals surface area contributed by atoms with E-state index >= 15 is 0 Å². The summed E-state index contributed by atoms with van der Waals surface area (Å²) in [7, 11) is 0. The zero-order valence-corrected chi connectivity index (χ0v) is 18.6. The van der Waals surface area contributed by atoms with E-state index in [2.05, 4.69) is 57.6 Å². The zero-order chi connectivity index (χ0) is 19.6. The second kappa shape index (κ2) is 8.61. The van der Waals surface area contributed by atoms with Crippen LogP contribution in [0.1, 0.15) is 16.7 Å². The molecule has 3 aromatic rings. The summed E-state index contributed by atoms with van der Waals surface area (Å²) in [5, 5.41) is 12.3. The number of thiocarbonyl (C=S) groups is 1. The van der Waals surface area contributed by atoms with Gasteiger partial charge in [0.15, 0.2) is 10.9 Å². The standard InChI is InChI=1S/C19H17BrCl2N4S/c1-11-3-5-14(7-12(11)2)23-19(27)24-18-15(20)10-26(25-18)9-13-4-6-16(21)17(22)8-13/h3-8,10H,9H2,1-2H3,(H2,23,24,25,27). The van der Waals surface area contributed by atoms with E-state index in [9.17, 15) is 0 Å². The molecule has 1 aromatic heterocycles. The average Bonchev–Trinajstić information content (AvgIpc) is 2.93. The Morgan fingerprint density at radius 3 is 2.56 bits per heavy atom. The molecule has 0 amide bonds. The van der Waals surface area contributed by atoms with Gasteiger partial charge in [-0.05, 0) is 83.0 Å². The maximum atomic E-state index is 6.07. The Morgan fingerprint density at radius 2 is 1.85 bits per heavy atom. The minimum atomic E-state index is 0.471. The van der Waals surface area contributed by atoms with Crippen LogP contribution in [0.2, 0.25) is 10.0 Å². The Bertz CT molecular complexity index is 1000. The van der Waals surface area contributed by atoms with Crippen molar-refractivity contribution in [2.24, 2.45) is 0 Å². The predicted octanol–water partition coefficient (Wildman–Crippen LogP) is 6.43. The van der Waals surface area contributed by atoms with Gasteiger partial charge in [0.2, 0.25) is 0 Å². The van der Waals surface area contributed by atoms with Gasteiger partial charge in [0.25, 0.3) is 0 Å². The highest BCUT2D eigenvalue weighted by Gasteiger charge is 2.10. The SMILES string of the molecule is Cc1ccc(NC(=S)Nc2nn(Cc3ccc(Cl)c(Cl)c3)cc2Br)cc1C. The lowest BCUT2D eigenvalue weighted by molar-refractivity contribution is 0.689. The fourth-order valence-electron chi connectivity index (χ4n) is 2.48. The molecule has 0 unspecified atom stereocenters. The van der Waals surface area contributed by atoms with Crippen LogP contribution >= 0.6 is 51.3 Å². The van der Waals surface area contributed by atoms with Crippen molar-refractivity contribution < 1.29 is 0 Å². The normalized spacial score (nSPS) is 10.7. The van der Waals surface area contributed by atoms with Gasteiger partial charge >= 0.3 is 0 Å². The molecule has 140 valence electrons. The molecular formula is C19H17BrCl2N4S. The molecule has 0 bridgehead atoms. The average molecular weight is 484 g/mol. The molecule has 4 nitrogen and oxygen atoms in total. The zero-order valence-electron chi connectivity index (χ0n) is 14.7. The van der Waals surface area contributed by atoms with E-state index < -0.39 is 0 Å². The number of benzene rings is 2. The van der Waals surface area contributed by atoms with Gasteiger partial charge in [-0.25, -0.2) is 0 Å². The number of nitrogens with zero attached hydrogens (tertiary/aromatic N) is 2. The summed E-state index contributed by atoms with van der Waals surface area (Å²) in [4.78, 5) is 0. The Balaban J connectivity index is 1.67. The number of hydrogen-bond acceptors (Lipinski definition) is 2. The molecule has 0 aliphatic heterocycles. The predicted molar refractivity (Wildman–Crippen MR) is 121 cm³/mol. The Kier molecular flexibility index (Phi) is 6.42. The largest absolute Gasteiger partial charge is 0.332 e. The molecule has 2 N–H and O–H groups in total. The van der Waals surface area contributed by atoms with E-state index in [1.165, 1.54) is 11.1 Å². The number of hydrogen-bond donors (Lipinski definition) is 2. The number of rotatable bonds is 4. The highest BCUT2D eigenvalue weighted by atomic mass is 79.9. The van der Waals surface area contributed by atoms with Gasteiger partial charge in [-0.2, -0.15) is 5.10 Å². The van der Waals surface area contributed by atoms with Crippen molar-refractivity contribution in [3.8, 4) is 0 Å². The molecule has 0 saturated heterocycles. The fraction of sp³-hybridized carbons (Fsp3) is 0.158. The summed E-state index contributed by atoms with van der Waals surface area (Å²) in [6.45, 7) is 4.71. The van der Waals surface area contributed by atoms with Crippen LogP contribution < -0.4 is 10.6 Å². The second-order valence-electron chi connectivity index (χ2n) is 6.15. The molecule has 8 heteroatoms. The van der Waals surface area contributed by atoms with Crippen LogP contribution in [0.15, 0.2) is 47.1 Å². The third-order valence-corrected chi connectivity index (χ3v) is 5.57. The van der Waals surface area contributed by atoms with Crippen molar-refractivity contribution in [2.75, 3.05) is 10.6 Å². The maximum Gasteiger partial charge on any atom is 0.176 e. The molecule has 0 atom stereocenters. The minimum absolute atomic E-state index is 0.471. The smallest absolute Gasteiger partial charge is 0.176 e. The molecule has 1 heterocycles. The van der Waals surface area contributed by atoms with Gasteiger partial charge in [0.05, 0.1) is 21.1 Å². The fourth-order valence-corrected chi connectivity index (χ4v) is 3.43. The summed E-state index contributed by atoms with van der Waals surface area (Å²) in [6.07, 6.45) is 1.88. The van der Waals surface area contributed by atoms with Crippen LogP contribution in [0.3, 0.4) is 0 Å². The van der Waals surface area contributed by atoms with Gasteiger partial charge in [-0.1, -0.05) is 35.3 Å². The summed E-state index contributed by atoms with van der Waals surface area (Å²) in [5.74, 6) is 0.636. The minimum Gasteiger partial charge on any atom is -0.332 e. The molecular weight excluding hydrogens is 467 g/mol. The third-order valence-electron chi connectivity index (χ3n) is 4.04. The monoisotopic (exact) mass is 482 g/mol. The molecule has 0 radical (unpaired) electrons. The van der Waals surface area contributed by atoms with Crippen LogP contribution in [0.4, 0.5) is 11.5 Å². The van der Waals surface area contributed by atoms with Gasteiger partial charge in [0, 0.05) is 11.9 Å². The van der Waals surface area contributed by atoms with Gasteiger partial charge in [-0.3, -0.25) is 4.68 Å². The first-order valence-electron chi connectivity index (χ1n) is 8.14. The Labute approximate surface area is 182 Å². The lowest BCUT2D eigenvalue weighted by atomic mass is 10.1. The lowest BCUT2D eigenvalue weighted by Crippen LogP contribution is -2.20. The van der Waals surface area contributed by atoms with Gasteiger partial charge < -0.3 is 10.6 Å². The van der Waals surface area contributed by atoms with Crippen molar-refractivity contribution in [1.82, 2.24) is 9.78 Å². The van der Waals surface area contributed by atoms with E-state index in [-0.39, 0.29) is 0 Å². The molecule has 0 fully saturated rings. The number of anilines is 2. The van der Waals surface area contributed by atoms with Crippen molar-refractivity contribution >= 4 is 68.0 Å². The molecule has 0 aliphatic carbocycles. The van der Waals surface area contributed by atoms with Crippen LogP contribution in [0.5, 0.6) is 0 Å². The summed E-state index contributed by atoms with van der Waals surface area (Å²) >= 11 is 20.9. The maximum absolute atomic E-state index is 6.07. The highest BCUT2D eigenvalue weighted by Crippen LogP contribution is 2.25. The quantitative estimate of drug-likeness (QED) is 0.419. The first-order chi connectivity index (χ1) is 12.8. The number of aromatic nitrogens is 2. The Morgan fingerprint density at radius 1 is 1.07 bits per heavy atom. The van der Waals surface area contributed by atoms with Gasteiger partial charge in [0.1, 0.15) is 0 Å². The van der Waals surface area contributed by atoms with Crippen molar-refractivity contribution in [3.05, 3.63) is 73.8 Å².